The van der Waals surface area contributed by atoms with E-state index in [0.29, 0.717) is 6.04 Å². The van der Waals surface area contributed by atoms with Gasteiger partial charge in [-0.1, -0.05) is 18.0 Å². The van der Waals surface area contributed by atoms with Crippen molar-refractivity contribution in [3.63, 3.8) is 0 Å². The van der Waals surface area contributed by atoms with E-state index in [1.54, 1.807) is 0 Å². The topological polar surface area (TPSA) is 51.0 Å². The van der Waals surface area contributed by atoms with Crippen molar-refractivity contribution in [1.29, 1.82) is 0 Å². The van der Waals surface area contributed by atoms with E-state index >= 15 is 0 Å². The normalized spacial score (nSPS) is 26.6. The van der Waals surface area contributed by atoms with Crippen LogP contribution in [0.2, 0.25) is 0 Å². The molecular formula is C12H19N3O. The van der Waals surface area contributed by atoms with Crippen molar-refractivity contribution in [2.45, 2.75) is 51.0 Å². The molecule has 4 nitrogen and oxygen atoms in total. The largest absolute Gasteiger partial charge is 0.339 e. The van der Waals surface area contributed by atoms with Gasteiger partial charge in [0.15, 0.2) is 5.82 Å². The van der Waals surface area contributed by atoms with Gasteiger partial charge in [-0.15, -0.1) is 0 Å². The van der Waals surface area contributed by atoms with Gasteiger partial charge >= 0.3 is 0 Å². The van der Waals surface area contributed by atoms with E-state index in [9.17, 15) is 0 Å². The first kappa shape index (κ1) is 10.3. The van der Waals surface area contributed by atoms with Crippen LogP contribution in [0.15, 0.2) is 4.52 Å². The summed E-state index contributed by atoms with van der Waals surface area (Å²) in [4.78, 5) is 4.52. The molecule has 1 atom stereocenters. The summed E-state index contributed by atoms with van der Waals surface area (Å²) in [6.07, 6.45) is 8.75. The molecule has 2 fully saturated rings. The molecule has 3 rings (SSSR count). The minimum atomic E-state index is 0.334. The molecule has 0 radical (unpaired) electrons. The van der Waals surface area contributed by atoms with Crippen molar-refractivity contribution in [2.24, 2.45) is 5.92 Å². The summed E-state index contributed by atoms with van der Waals surface area (Å²) in [5.74, 6) is 2.49. The summed E-state index contributed by atoms with van der Waals surface area (Å²) in [6.45, 7) is 1.08. The first-order chi connectivity index (χ1) is 7.92. The van der Waals surface area contributed by atoms with Crippen LogP contribution in [0.5, 0.6) is 0 Å². The van der Waals surface area contributed by atoms with Crippen molar-refractivity contribution in [2.75, 3.05) is 6.54 Å². The zero-order valence-corrected chi connectivity index (χ0v) is 9.61. The van der Waals surface area contributed by atoms with Crippen molar-refractivity contribution in [3.05, 3.63) is 11.7 Å². The second-order valence-electron chi connectivity index (χ2n) is 5.05. The van der Waals surface area contributed by atoms with Gasteiger partial charge in [-0.2, -0.15) is 4.98 Å². The van der Waals surface area contributed by atoms with Gasteiger partial charge in [-0.25, -0.2) is 0 Å². The number of hydrogen-bond acceptors (Lipinski definition) is 4. The summed E-state index contributed by atoms with van der Waals surface area (Å²) in [7, 11) is 0. The zero-order chi connectivity index (χ0) is 10.8. The maximum absolute atomic E-state index is 5.34. The van der Waals surface area contributed by atoms with Crippen LogP contribution >= 0.6 is 0 Å². The molecule has 1 aliphatic carbocycles. The molecule has 1 aromatic heterocycles. The SMILES string of the molecule is C1CCC(Cc2nc(C3CCCN3)no2)C1. The van der Waals surface area contributed by atoms with Gasteiger partial charge in [0.2, 0.25) is 5.89 Å². The fraction of sp³-hybridized carbons (Fsp3) is 0.833. The Morgan fingerprint density at radius 3 is 2.81 bits per heavy atom. The fourth-order valence-electron chi connectivity index (χ4n) is 2.86. The number of aromatic nitrogens is 2. The van der Waals surface area contributed by atoms with Gasteiger partial charge in [-0.3, -0.25) is 0 Å². The van der Waals surface area contributed by atoms with E-state index in [1.807, 2.05) is 0 Å². The second kappa shape index (κ2) is 4.53. The van der Waals surface area contributed by atoms with E-state index in [2.05, 4.69) is 15.5 Å². The molecular weight excluding hydrogens is 202 g/mol. The highest BCUT2D eigenvalue weighted by atomic mass is 16.5. The third-order valence-corrected chi connectivity index (χ3v) is 3.79. The quantitative estimate of drug-likeness (QED) is 0.850. The van der Waals surface area contributed by atoms with Crippen LogP contribution in [0.25, 0.3) is 0 Å². The molecule has 1 saturated carbocycles. The van der Waals surface area contributed by atoms with Crippen LogP contribution in [-0.2, 0) is 6.42 Å². The number of rotatable bonds is 3. The maximum atomic E-state index is 5.34. The highest BCUT2D eigenvalue weighted by molar-refractivity contribution is 4.97. The molecule has 0 spiro atoms. The summed E-state index contributed by atoms with van der Waals surface area (Å²) >= 11 is 0. The molecule has 4 heteroatoms. The van der Waals surface area contributed by atoms with E-state index in [0.717, 1.165) is 37.0 Å². The highest BCUT2D eigenvalue weighted by Gasteiger charge is 2.23. The number of nitrogens with one attached hydrogen (secondary N) is 1. The van der Waals surface area contributed by atoms with Gasteiger partial charge < -0.3 is 9.84 Å². The first-order valence-corrected chi connectivity index (χ1v) is 6.47. The monoisotopic (exact) mass is 221 g/mol. The standard InChI is InChI=1S/C12H19N3O/c1-2-5-9(4-1)8-11-14-12(15-16-11)10-6-3-7-13-10/h9-10,13H,1-8H2. The van der Waals surface area contributed by atoms with Crippen LogP contribution in [0, 0.1) is 5.92 Å². The van der Waals surface area contributed by atoms with Crippen molar-refractivity contribution < 1.29 is 4.52 Å². The molecule has 16 heavy (non-hydrogen) atoms. The lowest BCUT2D eigenvalue weighted by atomic mass is 10.0. The van der Waals surface area contributed by atoms with Crippen LogP contribution in [0.4, 0.5) is 0 Å². The van der Waals surface area contributed by atoms with Gasteiger partial charge in [-0.05, 0) is 38.1 Å². The van der Waals surface area contributed by atoms with Crippen LogP contribution in [0.1, 0.15) is 56.3 Å². The average molecular weight is 221 g/mol. The van der Waals surface area contributed by atoms with Crippen molar-refractivity contribution >= 4 is 0 Å². The average Bonchev–Trinajstić information content (AvgIpc) is 2.99. The van der Waals surface area contributed by atoms with E-state index in [-0.39, 0.29) is 0 Å². The Morgan fingerprint density at radius 1 is 1.19 bits per heavy atom. The van der Waals surface area contributed by atoms with Crippen LogP contribution in [0.3, 0.4) is 0 Å². The van der Waals surface area contributed by atoms with Gasteiger partial charge in [0, 0.05) is 6.42 Å². The molecule has 1 N–H and O–H groups in total. The number of nitrogens with zero attached hydrogens (tertiary/aromatic N) is 2. The minimum Gasteiger partial charge on any atom is -0.339 e. The summed E-state index contributed by atoms with van der Waals surface area (Å²) in [5.41, 5.74) is 0. The summed E-state index contributed by atoms with van der Waals surface area (Å²) in [5, 5.41) is 7.49. The Labute approximate surface area is 95.8 Å². The summed E-state index contributed by atoms with van der Waals surface area (Å²) < 4.78 is 5.34. The van der Waals surface area contributed by atoms with Crippen molar-refractivity contribution in [1.82, 2.24) is 15.5 Å². The lowest BCUT2D eigenvalue weighted by Crippen LogP contribution is -2.14. The molecule has 0 amide bonds. The Hall–Kier alpha value is -0.900. The summed E-state index contributed by atoms with van der Waals surface area (Å²) in [6, 6.07) is 0.334. The lowest BCUT2D eigenvalue weighted by molar-refractivity contribution is 0.346. The van der Waals surface area contributed by atoms with E-state index in [1.165, 1.54) is 32.1 Å². The Morgan fingerprint density at radius 2 is 2.06 bits per heavy atom. The zero-order valence-electron chi connectivity index (χ0n) is 9.61. The van der Waals surface area contributed by atoms with E-state index < -0.39 is 0 Å². The van der Waals surface area contributed by atoms with Gasteiger partial charge in [0.25, 0.3) is 0 Å². The van der Waals surface area contributed by atoms with E-state index in [4.69, 9.17) is 4.52 Å². The lowest BCUT2D eigenvalue weighted by Gasteiger charge is -2.03. The second-order valence-corrected chi connectivity index (χ2v) is 5.05. The molecule has 0 bridgehead atoms. The molecule has 1 saturated heterocycles. The van der Waals surface area contributed by atoms with Crippen LogP contribution in [-0.4, -0.2) is 16.7 Å². The van der Waals surface area contributed by atoms with Gasteiger partial charge in [0.1, 0.15) is 0 Å². The molecule has 1 unspecified atom stereocenters. The molecule has 2 heterocycles. The molecule has 1 aromatic rings. The minimum absolute atomic E-state index is 0.334. The van der Waals surface area contributed by atoms with Gasteiger partial charge in [0.05, 0.1) is 6.04 Å². The third kappa shape index (κ3) is 2.12. The number of hydrogen-bond donors (Lipinski definition) is 1. The fourth-order valence-corrected chi connectivity index (χ4v) is 2.86. The Balaban J connectivity index is 1.62. The molecule has 1 aliphatic heterocycles. The molecule has 2 aliphatic rings. The van der Waals surface area contributed by atoms with Crippen molar-refractivity contribution in [3.8, 4) is 0 Å². The van der Waals surface area contributed by atoms with Crippen LogP contribution < -0.4 is 5.32 Å². The molecule has 0 aromatic carbocycles. The maximum Gasteiger partial charge on any atom is 0.226 e. The Bertz CT molecular complexity index is 338. The molecule has 88 valence electrons. The highest BCUT2D eigenvalue weighted by Crippen LogP contribution is 2.28. The third-order valence-electron chi connectivity index (χ3n) is 3.79. The predicted molar refractivity (Wildman–Crippen MR) is 59.9 cm³/mol. The Kier molecular flexibility index (Phi) is 2.91. The first-order valence-electron chi connectivity index (χ1n) is 6.47. The predicted octanol–water partition coefficient (Wildman–Crippen LogP) is 2.23. The smallest absolute Gasteiger partial charge is 0.226 e.